The largest absolute Gasteiger partial charge is 0.396 e. The summed E-state index contributed by atoms with van der Waals surface area (Å²) in [5.41, 5.74) is 2.71. The third-order valence-electron chi connectivity index (χ3n) is 5.45. The Balaban J connectivity index is 1.62. The maximum atomic E-state index is 9.45. The summed E-state index contributed by atoms with van der Waals surface area (Å²) in [5.74, 6) is 0. The van der Waals surface area contributed by atoms with Crippen LogP contribution in [0.25, 0.3) is 0 Å². The minimum Gasteiger partial charge on any atom is -0.396 e. The number of piperazine rings is 1. The van der Waals surface area contributed by atoms with Gasteiger partial charge in [-0.25, -0.2) is 0 Å². The predicted molar refractivity (Wildman–Crippen MR) is 90.9 cm³/mol. The van der Waals surface area contributed by atoms with E-state index in [4.69, 9.17) is 0 Å². The van der Waals surface area contributed by atoms with Gasteiger partial charge in [0.2, 0.25) is 0 Å². The highest BCUT2D eigenvalue weighted by atomic mass is 16.3. The van der Waals surface area contributed by atoms with E-state index in [0.29, 0.717) is 12.6 Å². The molecule has 2 fully saturated rings. The maximum Gasteiger partial charge on any atom is 0.0446 e. The fraction of sp³-hybridized carbons (Fsp3) is 0.684. The second-order valence-corrected chi connectivity index (χ2v) is 7.06. The second kappa shape index (κ2) is 7.58. The van der Waals surface area contributed by atoms with Gasteiger partial charge in [-0.05, 0) is 31.7 Å². The van der Waals surface area contributed by atoms with Gasteiger partial charge in [0, 0.05) is 44.9 Å². The minimum absolute atomic E-state index is 0.299. The molecule has 1 saturated heterocycles. The first-order valence-corrected chi connectivity index (χ1v) is 8.91. The standard InChI is InChI=1S/C19H30N2O/c1-16-6-8-17(9-7-16)14-20-11-12-21(15-19(20)10-13-22)18-4-2-3-5-18/h6-9,18-19,22H,2-5,10-15H2,1H3. The lowest BCUT2D eigenvalue weighted by atomic mass is 10.0. The third-order valence-corrected chi connectivity index (χ3v) is 5.45. The van der Waals surface area contributed by atoms with Crippen molar-refractivity contribution in [2.24, 2.45) is 0 Å². The van der Waals surface area contributed by atoms with Gasteiger partial charge in [0.25, 0.3) is 0 Å². The van der Waals surface area contributed by atoms with E-state index in [1.54, 1.807) is 0 Å². The highest BCUT2D eigenvalue weighted by molar-refractivity contribution is 5.21. The van der Waals surface area contributed by atoms with Gasteiger partial charge in [-0.3, -0.25) is 9.80 Å². The fourth-order valence-electron chi connectivity index (χ4n) is 4.08. The number of aliphatic hydroxyl groups excluding tert-OH is 1. The molecule has 0 aromatic heterocycles. The highest BCUT2D eigenvalue weighted by Crippen LogP contribution is 2.27. The number of hydrogen-bond donors (Lipinski definition) is 1. The van der Waals surface area contributed by atoms with Crippen molar-refractivity contribution in [1.29, 1.82) is 0 Å². The number of rotatable bonds is 5. The lowest BCUT2D eigenvalue weighted by Gasteiger charge is -2.44. The Kier molecular flexibility index (Phi) is 5.51. The van der Waals surface area contributed by atoms with Crippen LogP contribution in [0.5, 0.6) is 0 Å². The zero-order valence-electron chi connectivity index (χ0n) is 13.9. The SMILES string of the molecule is Cc1ccc(CN2CCN(C3CCCC3)CC2CCO)cc1. The number of benzene rings is 1. The van der Waals surface area contributed by atoms with E-state index in [0.717, 1.165) is 32.1 Å². The molecule has 0 spiro atoms. The zero-order chi connectivity index (χ0) is 15.4. The van der Waals surface area contributed by atoms with Crippen LogP contribution in [0.2, 0.25) is 0 Å². The topological polar surface area (TPSA) is 26.7 Å². The van der Waals surface area contributed by atoms with Gasteiger partial charge in [-0.15, -0.1) is 0 Å². The maximum absolute atomic E-state index is 9.45. The molecule has 1 saturated carbocycles. The van der Waals surface area contributed by atoms with Crippen molar-refractivity contribution in [2.75, 3.05) is 26.2 Å². The van der Waals surface area contributed by atoms with Crippen molar-refractivity contribution in [2.45, 2.75) is 57.7 Å². The molecule has 1 aromatic rings. The summed E-state index contributed by atoms with van der Waals surface area (Å²) in [4.78, 5) is 5.27. The monoisotopic (exact) mass is 302 g/mol. The molecule has 3 nitrogen and oxygen atoms in total. The molecule has 0 radical (unpaired) electrons. The van der Waals surface area contributed by atoms with Gasteiger partial charge in [-0.1, -0.05) is 42.7 Å². The number of nitrogens with zero attached hydrogens (tertiary/aromatic N) is 2. The third kappa shape index (κ3) is 3.89. The Morgan fingerprint density at radius 2 is 1.82 bits per heavy atom. The van der Waals surface area contributed by atoms with Crippen LogP contribution in [0.1, 0.15) is 43.2 Å². The molecule has 1 N–H and O–H groups in total. The highest BCUT2D eigenvalue weighted by Gasteiger charge is 2.31. The molecule has 0 bridgehead atoms. The van der Waals surface area contributed by atoms with Gasteiger partial charge in [0.1, 0.15) is 0 Å². The van der Waals surface area contributed by atoms with E-state index < -0.39 is 0 Å². The molecule has 122 valence electrons. The first-order valence-electron chi connectivity index (χ1n) is 8.91. The van der Waals surface area contributed by atoms with Crippen LogP contribution in [0.15, 0.2) is 24.3 Å². The van der Waals surface area contributed by atoms with E-state index in [2.05, 4.69) is 41.0 Å². The van der Waals surface area contributed by atoms with Crippen LogP contribution in [0.3, 0.4) is 0 Å². The molecule has 1 aliphatic carbocycles. The van der Waals surface area contributed by atoms with Crippen molar-refractivity contribution in [3.05, 3.63) is 35.4 Å². The van der Waals surface area contributed by atoms with Crippen LogP contribution >= 0.6 is 0 Å². The van der Waals surface area contributed by atoms with Crippen LogP contribution < -0.4 is 0 Å². The molecule has 22 heavy (non-hydrogen) atoms. The van der Waals surface area contributed by atoms with Crippen LogP contribution in [0, 0.1) is 6.92 Å². The van der Waals surface area contributed by atoms with Gasteiger partial charge < -0.3 is 5.11 Å². The van der Waals surface area contributed by atoms with Gasteiger partial charge in [0.15, 0.2) is 0 Å². The van der Waals surface area contributed by atoms with Gasteiger partial charge >= 0.3 is 0 Å². The van der Waals surface area contributed by atoms with E-state index in [9.17, 15) is 5.11 Å². The molecule has 1 aromatic carbocycles. The Hall–Kier alpha value is -0.900. The summed E-state index contributed by atoms with van der Waals surface area (Å²) in [6, 6.07) is 10.2. The first kappa shape index (κ1) is 16.0. The Bertz CT molecular complexity index is 453. The van der Waals surface area contributed by atoms with Crippen LogP contribution in [-0.4, -0.2) is 53.2 Å². The lowest BCUT2D eigenvalue weighted by molar-refractivity contribution is 0.0327. The summed E-state index contributed by atoms with van der Waals surface area (Å²) >= 11 is 0. The summed E-state index contributed by atoms with van der Waals surface area (Å²) in [5, 5.41) is 9.45. The molecule has 1 aliphatic heterocycles. The lowest BCUT2D eigenvalue weighted by Crippen LogP contribution is -2.55. The Morgan fingerprint density at radius 1 is 1.09 bits per heavy atom. The Morgan fingerprint density at radius 3 is 2.50 bits per heavy atom. The van der Waals surface area contributed by atoms with Crippen molar-refractivity contribution >= 4 is 0 Å². The summed E-state index contributed by atoms with van der Waals surface area (Å²) < 4.78 is 0. The van der Waals surface area contributed by atoms with Crippen LogP contribution in [0.4, 0.5) is 0 Å². The molecular formula is C19H30N2O. The van der Waals surface area contributed by atoms with Crippen molar-refractivity contribution in [3.63, 3.8) is 0 Å². The summed E-state index contributed by atoms with van der Waals surface area (Å²) in [6.07, 6.45) is 6.46. The van der Waals surface area contributed by atoms with E-state index in [1.807, 2.05) is 0 Å². The smallest absolute Gasteiger partial charge is 0.0446 e. The minimum atomic E-state index is 0.299. The summed E-state index contributed by atoms with van der Waals surface area (Å²) in [7, 11) is 0. The average Bonchev–Trinajstić information content (AvgIpc) is 3.06. The fourth-order valence-corrected chi connectivity index (χ4v) is 4.08. The molecule has 0 amide bonds. The quantitative estimate of drug-likeness (QED) is 0.906. The van der Waals surface area contributed by atoms with Gasteiger partial charge in [-0.2, -0.15) is 0 Å². The van der Waals surface area contributed by atoms with E-state index >= 15 is 0 Å². The number of hydrogen-bond acceptors (Lipinski definition) is 3. The normalized spacial score (nSPS) is 24.9. The summed E-state index contributed by atoms with van der Waals surface area (Å²) in [6.45, 7) is 6.92. The Labute approximate surface area is 134 Å². The molecular weight excluding hydrogens is 272 g/mol. The molecule has 3 heteroatoms. The van der Waals surface area contributed by atoms with Gasteiger partial charge in [0.05, 0.1) is 0 Å². The predicted octanol–water partition coefficient (Wildman–Crippen LogP) is 2.81. The number of aryl methyl sites for hydroxylation is 1. The van der Waals surface area contributed by atoms with E-state index in [-0.39, 0.29) is 0 Å². The van der Waals surface area contributed by atoms with Crippen LogP contribution in [-0.2, 0) is 6.54 Å². The molecule has 1 heterocycles. The molecule has 2 aliphatic rings. The second-order valence-electron chi connectivity index (χ2n) is 7.06. The molecule has 1 atom stereocenters. The first-order chi connectivity index (χ1) is 10.8. The average molecular weight is 302 g/mol. The molecule has 1 unspecified atom stereocenters. The van der Waals surface area contributed by atoms with Crippen molar-refractivity contribution in [3.8, 4) is 0 Å². The molecule has 3 rings (SSSR count). The van der Waals surface area contributed by atoms with Crippen molar-refractivity contribution in [1.82, 2.24) is 9.80 Å². The zero-order valence-corrected chi connectivity index (χ0v) is 13.9. The van der Waals surface area contributed by atoms with E-state index in [1.165, 1.54) is 43.4 Å². The number of aliphatic hydroxyl groups is 1. The van der Waals surface area contributed by atoms with Crippen molar-refractivity contribution < 1.29 is 5.11 Å².